The summed E-state index contributed by atoms with van der Waals surface area (Å²) in [5.74, 6) is -1.27. The van der Waals surface area contributed by atoms with Crippen LogP contribution in [0.3, 0.4) is 0 Å². The van der Waals surface area contributed by atoms with E-state index in [4.69, 9.17) is 0 Å². The number of sulfone groups is 1. The second-order valence-electron chi connectivity index (χ2n) is 2.65. The van der Waals surface area contributed by atoms with Gasteiger partial charge in [-0.1, -0.05) is 6.92 Å². The van der Waals surface area contributed by atoms with E-state index in [0.717, 1.165) is 6.92 Å². The third-order valence-corrected chi connectivity index (χ3v) is 4.57. The van der Waals surface area contributed by atoms with Crippen LogP contribution in [-0.4, -0.2) is 40.2 Å². The molecule has 0 fully saturated rings. The molecule has 0 saturated carbocycles. The second-order valence-corrected chi connectivity index (χ2v) is 6.98. The third kappa shape index (κ3) is 3.99. The van der Waals surface area contributed by atoms with E-state index in [-0.39, 0.29) is 0 Å². The van der Waals surface area contributed by atoms with Crippen LogP contribution < -0.4 is 0 Å². The van der Waals surface area contributed by atoms with E-state index in [1.807, 2.05) is 0 Å². The first-order valence-corrected chi connectivity index (χ1v) is 7.28. The minimum Gasteiger partial charge on any atom is -0.263 e. The third-order valence-electron chi connectivity index (χ3n) is 1.60. The van der Waals surface area contributed by atoms with Gasteiger partial charge in [-0.2, -0.15) is 17.2 Å². The highest BCUT2D eigenvalue weighted by Gasteiger charge is 2.45. The van der Waals surface area contributed by atoms with Gasteiger partial charge in [0.1, 0.15) is 6.61 Å². The lowest BCUT2D eigenvalue weighted by atomic mass is 10.8. The average Bonchev–Trinajstić information content (AvgIpc) is 2.15. The molecule has 0 atom stereocenters. The summed E-state index contributed by atoms with van der Waals surface area (Å²) in [6.07, 6.45) is 0. The molecule has 0 aliphatic heterocycles. The van der Waals surface area contributed by atoms with Gasteiger partial charge in [-0.3, -0.25) is 4.18 Å². The molecule has 92 valence electrons. The molecule has 0 aromatic rings. The topological polar surface area (TPSA) is 77.5 Å². The SMILES string of the molecule is CCS(=O)(=O)OCC(F)(F)S(=O)(=O)CC. The first-order chi connectivity index (χ1) is 6.58. The molecule has 0 heterocycles. The Hall–Kier alpha value is -0.280. The van der Waals surface area contributed by atoms with Gasteiger partial charge in [0.15, 0.2) is 0 Å². The van der Waals surface area contributed by atoms with E-state index in [9.17, 15) is 25.6 Å². The zero-order valence-corrected chi connectivity index (χ0v) is 9.87. The fourth-order valence-electron chi connectivity index (χ4n) is 0.543. The van der Waals surface area contributed by atoms with E-state index < -0.39 is 43.3 Å². The Morgan fingerprint density at radius 1 is 1.07 bits per heavy atom. The highest BCUT2D eigenvalue weighted by atomic mass is 32.2. The van der Waals surface area contributed by atoms with Crippen molar-refractivity contribution in [3.8, 4) is 0 Å². The molecule has 0 saturated heterocycles. The molecule has 0 N–H and O–H groups in total. The minimum atomic E-state index is -4.65. The van der Waals surface area contributed by atoms with Gasteiger partial charge >= 0.3 is 5.25 Å². The Morgan fingerprint density at radius 2 is 1.53 bits per heavy atom. The molecular weight excluding hydrogens is 254 g/mol. The van der Waals surface area contributed by atoms with E-state index in [1.54, 1.807) is 0 Å². The first kappa shape index (κ1) is 14.7. The van der Waals surface area contributed by atoms with Crippen molar-refractivity contribution >= 4 is 20.0 Å². The molecule has 0 amide bonds. The zero-order valence-electron chi connectivity index (χ0n) is 8.23. The predicted molar refractivity (Wildman–Crippen MR) is 49.8 cm³/mol. The minimum absolute atomic E-state index is 0.491. The van der Waals surface area contributed by atoms with Crippen LogP contribution in [0.4, 0.5) is 8.78 Å². The molecule has 5 nitrogen and oxygen atoms in total. The average molecular weight is 266 g/mol. The van der Waals surface area contributed by atoms with Crippen molar-refractivity contribution in [2.45, 2.75) is 19.1 Å². The van der Waals surface area contributed by atoms with Gasteiger partial charge in [0.05, 0.1) is 11.5 Å². The number of rotatable bonds is 6. The van der Waals surface area contributed by atoms with Crippen LogP contribution in [0.15, 0.2) is 0 Å². The van der Waals surface area contributed by atoms with E-state index in [1.165, 1.54) is 6.92 Å². The van der Waals surface area contributed by atoms with Crippen LogP contribution in [-0.2, 0) is 24.1 Å². The standard InChI is InChI=1S/C6H12F2O5S2/c1-3-14(9,10)6(7,8)5-13-15(11,12)4-2/h3-5H2,1-2H3. The predicted octanol–water partition coefficient (Wildman–Crippen LogP) is 0.380. The van der Waals surface area contributed by atoms with Crippen LogP contribution in [0.5, 0.6) is 0 Å². The van der Waals surface area contributed by atoms with Crippen molar-refractivity contribution in [2.24, 2.45) is 0 Å². The maximum Gasteiger partial charge on any atom is 0.369 e. The number of halogens is 2. The first-order valence-electron chi connectivity index (χ1n) is 4.05. The lowest BCUT2D eigenvalue weighted by molar-refractivity contribution is 0.0395. The van der Waals surface area contributed by atoms with Gasteiger partial charge in [0.25, 0.3) is 10.1 Å². The lowest BCUT2D eigenvalue weighted by Crippen LogP contribution is -2.36. The van der Waals surface area contributed by atoms with Crippen LogP contribution in [0, 0.1) is 0 Å². The van der Waals surface area contributed by atoms with E-state index in [2.05, 4.69) is 4.18 Å². The summed E-state index contributed by atoms with van der Waals surface area (Å²) in [4.78, 5) is 0. The molecule has 0 aromatic heterocycles. The molecule has 0 unspecified atom stereocenters. The summed E-state index contributed by atoms with van der Waals surface area (Å²) < 4.78 is 72.7. The maximum absolute atomic E-state index is 12.9. The fraction of sp³-hybridized carbons (Fsp3) is 1.00. The van der Waals surface area contributed by atoms with Gasteiger partial charge < -0.3 is 0 Å². The normalized spacial score (nSPS) is 14.1. The number of hydrogen-bond donors (Lipinski definition) is 0. The fourth-order valence-corrected chi connectivity index (χ4v) is 1.77. The van der Waals surface area contributed by atoms with E-state index in [0.29, 0.717) is 0 Å². The summed E-state index contributed by atoms with van der Waals surface area (Å²) in [5, 5.41) is -4.18. The van der Waals surface area contributed by atoms with Gasteiger partial charge in [-0.15, -0.1) is 0 Å². The van der Waals surface area contributed by atoms with Crippen molar-refractivity contribution < 1.29 is 29.8 Å². The van der Waals surface area contributed by atoms with Gasteiger partial charge in [-0.25, -0.2) is 8.42 Å². The molecule has 0 bridgehead atoms. The molecular formula is C6H12F2O5S2. The smallest absolute Gasteiger partial charge is 0.263 e. The molecule has 0 rings (SSSR count). The molecule has 0 radical (unpaired) electrons. The highest BCUT2D eigenvalue weighted by molar-refractivity contribution is 7.92. The van der Waals surface area contributed by atoms with Gasteiger partial charge in [0, 0.05) is 0 Å². The molecule has 15 heavy (non-hydrogen) atoms. The van der Waals surface area contributed by atoms with Crippen LogP contribution in [0.2, 0.25) is 0 Å². The summed E-state index contributed by atoms with van der Waals surface area (Å²) in [6.45, 7) is 0.568. The van der Waals surface area contributed by atoms with Gasteiger partial charge in [-0.05, 0) is 6.92 Å². The Morgan fingerprint density at radius 3 is 1.87 bits per heavy atom. The summed E-state index contributed by atoms with van der Waals surface area (Å²) >= 11 is 0. The molecule has 9 heteroatoms. The molecule has 0 aromatic carbocycles. The highest BCUT2D eigenvalue weighted by Crippen LogP contribution is 2.23. The van der Waals surface area contributed by atoms with Crippen molar-refractivity contribution in [1.82, 2.24) is 0 Å². The quantitative estimate of drug-likeness (QED) is 0.649. The maximum atomic E-state index is 12.9. The van der Waals surface area contributed by atoms with Crippen LogP contribution >= 0.6 is 0 Å². The number of hydrogen-bond acceptors (Lipinski definition) is 5. The van der Waals surface area contributed by atoms with Crippen molar-refractivity contribution in [1.29, 1.82) is 0 Å². The summed E-state index contributed by atoms with van der Waals surface area (Å²) in [5.41, 5.74) is 0. The molecule has 0 aliphatic rings. The van der Waals surface area contributed by atoms with Gasteiger partial charge in [0.2, 0.25) is 9.84 Å². The van der Waals surface area contributed by atoms with Crippen molar-refractivity contribution in [3.63, 3.8) is 0 Å². The molecule has 0 spiro atoms. The second kappa shape index (κ2) is 4.71. The summed E-state index contributed by atoms with van der Waals surface area (Å²) in [7, 11) is -8.72. The largest absolute Gasteiger partial charge is 0.369 e. The lowest BCUT2D eigenvalue weighted by Gasteiger charge is -2.15. The van der Waals surface area contributed by atoms with E-state index >= 15 is 0 Å². The Balaban J connectivity index is 4.70. The van der Waals surface area contributed by atoms with Crippen LogP contribution in [0.25, 0.3) is 0 Å². The van der Waals surface area contributed by atoms with Crippen molar-refractivity contribution in [3.05, 3.63) is 0 Å². The monoisotopic (exact) mass is 266 g/mol. The summed E-state index contributed by atoms with van der Waals surface area (Å²) in [6, 6.07) is 0. The van der Waals surface area contributed by atoms with Crippen molar-refractivity contribution in [2.75, 3.05) is 18.1 Å². The van der Waals surface area contributed by atoms with Crippen LogP contribution in [0.1, 0.15) is 13.8 Å². The Labute approximate surface area is 87.5 Å². The zero-order chi connectivity index (χ0) is 12.3. The number of alkyl halides is 2. The Bertz CT molecular complexity index is 397. The Kier molecular flexibility index (Phi) is 4.62. The molecule has 0 aliphatic carbocycles.